The highest BCUT2D eigenvalue weighted by Gasteiger charge is 2.18. The Morgan fingerprint density at radius 3 is 1.96 bits per heavy atom. The molecule has 0 amide bonds. The van der Waals surface area contributed by atoms with Gasteiger partial charge in [-0.1, -0.05) is 13.8 Å². The molecule has 132 valence electrons. The van der Waals surface area contributed by atoms with E-state index in [1.165, 1.54) is 17.8 Å². The normalized spacial score (nSPS) is 13.1. The number of alkyl halides is 4. The minimum Gasteiger partial charge on any atom is -0.404 e. The highest BCUT2D eigenvalue weighted by Crippen LogP contribution is 2.17. The van der Waals surface area contributed by atoms with Crippen LogP contribution in [-0.2, 0) is 0 Å². The van der Waals surface area contributed by atoms with E-state index in [2.05, 4.69) is 10.1 Å². The lowest BCUT2D eigenvalue weighted by atomic mass is 10.0. The number of hydrogen-bond donors (Lipinski definition) is 1. The van der Waals surface area contributed by atoms with Gasteiger partial charge in [0.25, 0.3) is 12.9 Å². The molecular formula is C15H24F4N4. The van der Waals surface area contributed by atoms with Gasteiger partial charge < -0.3 is 5.73 Å². The molecule has 0 aromatic carbocycles. The first-order valence-electron chi connectivity index (χ1n) is 7.15. The Balaban J connectivity index is 0.000000422. The zero-order valence-electron chi connectivity index (χ0n) is 14.0. The van der Waals surface area contributed by atoms with Gasteiger partial charge in [0.15, 0.2) is 0 Å². The number of nitrogens with two attached hydrogens (primary N) is 1. The van der Waals surface area contributed by atoms with Crippen LogP contribution in [-0.4, -0.2) is 29.0 Å². The van der Waals surface area contributed by atoms with Crippen molar-refractivity contribution in [3.63, 3.8) is 0 Å². The summed E-state index contributed by atoms with van der Waals surface area (Å²) in [5.41, 5.74) is 5.11. The Hall–Kier alpha value is -1.86. The van der Waals surface area contributed by atoms with Crippen LogP contribution in [0.25, 0.3) is 0 Å². The number of hydrogen-bond acceptors (Lipinski definition) is 3. The molecule has 23 heavy (non-hydrogen) atoms. The molecule has 0 atom stereocenters. The fourth-order valence-corrected chi connectivity index (χ4v) is 1.75. The monoisotopic (exact) mass is 336 g/mol. The molecule has 0 aliphatic heterocycles. The van der Waals surface area contributed by atoms with Gasteiger partial charge >= 0.3 is 0 Å². The molecule has 0 aliphatic rings. The number of aromatic nitrogens is 2. The average Bonchev–Trinajstić information content (AvgIpc) is 2.94. The zero-order valence-corrected chi connectivity index (χ0v) is 14.0. The summed E-state index contributed by atoms with van der Waals surface area (Å²) < 4.78 is 50.0. The van der Waals surface area contributed by atoms with Gasteiger partial charge in [-0.25, -0.2) is 17.6 Å². The van der Waals surface area contributed by atoms with Crippen molar-refractivity contribution in [1.29, 1.82) is 0 Å². The topological polar surface area (TPSA) is 56.2 Å². The lowest BCUT2D eigenvalue weighted by Gasteiger charge is -2.11. The Morgan fingerprint density at radius 1 is 1.22 bits per heavy atom. The number of nitrogens with zero attached hydrogens (tertiary/aromatic N) is 3. The standard InChI is InChI=1S/C8H14F2N2.C7H10F2N2/c1-5(2)7(12-3)6(4-11)8(9)10;1-5(2)11-4-3-6(10-11)7(8)9/h4-5,8H,11H2,1-3H3;3-5,7H,1-2H3/b6-4+,12-7?;. The van der Waals surface area contributed by atoms with Crippen LogP contribution in [0, 0.1) is 5.92 Å². The van der Waals surface area contributed by atoms with Gasteiger partial charge in [-0.05, 0) is 25.8 Å². The molecule has 0 radical (unpaired) electrons. The largest absolute Gasteiger partial charge is 0.404 e. The quantitative estimate of drug-likeness (QED) is 0.646. The third kappa shape index (κ3) is 6.83. The zero-order chi connectivity index (χ0) is 18.2. The van der Waals surface area contributed by atoms with Crippen LogP contribution in [0.15, 0.2) is 29.0 Å². The van der Waals surface area contributed by atoms with Crippen molar-refractivity contribution in [3.8, 4) is 0 Å². The van der Waals surface area contributed by atoms with E-state index in [4.69, 9.17) is 5.73 Å². The van der Waals surface area contributed by atoms with Gasteiger partial charge in [0.05, 0.1) is 5.57 Å². The lowest BCUT2D eigenvalue weighted by Crippen LogP contribution is -2.17. The van der Waals surface area contributed by atoms with Crippen LogP contribution in [0.1, 0.15) is 45.9 Å². The minimum absolute atomic E-state index is 0.0289. The van der Waals surface area contributed by atoms with Crippen LogP contribution >= 0.6 is 0 Å². The molecule has 0 aliphatic carbocycles. The van der Waals surface area contributed by atoms with Crippen LogP contribution in [0.4, 0.5) is 17.6 Å². The van der Waals surface area contributed by atoms with Crippen LogP contribution in [0.3, 0.4) is 0 Å². The molecule has 1 aromatic heterocycles. The summed E-state index contributed by atoms with van der Waals surface area (Å²) in [4.78, 5) is 3.77. The van der Waals surface area contributed by atoms with E-state index >= 15 is 0 Å². The molecule has 0 spiro atoms. The fraction of sp³-hybridized carbons (Fsp3) is 0.600. The first-order chi connectivity index (χ1) is 10.6. The van der Waals surface area contributed by atoms with Gasteiger partial charge in [-0.3, -0.25) is 9.67 Å². The number of rotatable bonds is 5. The molecule has 0 bridgehead atoms. The second-order valence-electron chi connectivity index (χ2n) is 5.30. The van der Waals surface area contributed by atoms with E-state index < -0.39 is 12.9 Å². The molecule has 8 heteroatoms. The Labute approximate surface area is 134 Å². The van der Waals surface area contributed by atoms with Crippen molar-refractivity contribution in [3.05, 3.63) is 29.7 Å². The molecule has 1 rings (SSSR count). The van der Waals surface area contributed by atoms with E-state index in [-0.39, 0.29) is 23.2 Å². The van der Waals surface area contributed by atoms with Crippen LogP contribution < -0.4 is 5.73 Å². The summed E-state index contributed by atoms with van der Waals surface area (Å²) in [5.74, 6) is -0.0289. The predicted molar refractivity (Wildman–Crippen MR) is 84.0 cm³/mol. The molecule has 2 N–H and O–H groups in total. The third-order valence-electron chi connectivity index (χ3n) is 2.88. The van der Waals surface area contributed by atoms with Gasteiger partial charge in [0, 0.05) is 31.2 Å². The van der Waals surface area contributed by atoms with E-state index in [0.29, 0.717) is 5.71 Å². The van der Waals surface area contributed by atoms with Crippen LogP contribution in [0.5, 0.6) is 0 Å². The van der Waals surface area contributed by atoms with E-state index in [9.17, 15) is 17.6 Å². The number of allylic oxidation sites excluding steroid dienone is 1. The van der Waals surface area contributed by atoms with Crippen molar-refractivity contribution in [1.82, 2.24) is 9.78 Å². The van der Waals surface area contributed by atoms with Crippen molar-refractivity contribution in [2.45, 2.75) is 46.6 Å². The van der Waals surface area contributed by atoms with Gasteiger partial charge in [-0.15, -0.1) is 0 Å². The molecule has 0 unspecified atom stereocenters. The molecule has 1 aromatic rings. The maximum Gasteiger partial charge on any atom is 0.282 e. The molecule has 4 nitrogen and oxygen atoms in total. The second kappa shape index (κ2) is 10.0. The molecule has 1 heterocycles. The second-order valence-corrected chi connectivity index (χ2v) is 5.30. The highest BCUT2D eigenvalue weighted by atomic mass is 19.3. The first kappa shape index (κ1) is 21.1. The van der Waals surface area contributed by atoms with Gasteiger partial charge in [0.2, 0.25) is 0 Å². The summed E-state index contributed by atoms with van der Waals surface area (Å²) in [6.45, 7) is 7.38. The maximum absolute atomic E-state index is 12.3. The Kier molecular flexibility index (Phi) is 9.21. The van der Waals surface area contributed by atoms with Crippen LogP contribution in [0.2, 0.25) is 0 Å². The Morgan fingerprint density at radius 2 is 1.78 bits per heavy atom. The fourth-order valence-electron chi connectivity index (χ4n) is 1.75. The Bertz CT molecular complexity index is 475. The predicted octanol–water partition coefficient (Wildman–Crippen LogP) is 4.22. The van der Waals surface area contributed by atoms with Crippen molar-refractivity contribution >= 4 is 5.71 Å². The molecule has 0 saturated heterocycles. The lowest BCUT2D eigenvalue weighted by molar-refractivity contribution is 0.144. The first-order valence-corrected chi connectivity index (χ1v) is 7.15. The van der Waals surface area contributed by atoms with Crippen molar-refractivity contribution < 1.29 is 17.6 Å². The minimum atomic E-state index is -2.55. The molecule has 0 saturated carbocycles. The summed E-state index contributed by atoms with van der Waals surface area (Å²) in [6, 6.07) is 1.48. The number of halogens is 4. The third-order valence-corrected chi connectivity index (χ3v) is 2.88. The smallest absolute Gasteiger partial charge is 0.282 e. The summed E-state index contributed by atoms with van der Waals surface area (Å²) in [6.07, 6.45) is -2.52. The van der Waals surface area contributed by atoms with Gasteiger partial charge in [0.1, 0.15) is 5.69 Å². The summed E-state index contributed by atoms with van der Waals surface area (Å²) in [5, 5.41) is 3.68. The van der Waals surface area contributed by atoms with E-state index in [1.54, 1.807) is 20.0 Å². The van der Waals surface area contributed by atoms with E-state index in [1.807, 2.05) is 13.8 Å². The average molecular weight is 336 g/mol. The summed E-state index contributed by atoms with van der Waals surface area (Å²) in [7, 11) is 1.49. The number of aliphatic imine (C=N–C) groups is 1. The summed E-state index contributed by atoms with van der Waals surface area (Å²) >= 11 is 0. The SMILES string of the molecule is CC(C)n1ccc(C(F)F)n1.CN=C(/C(=C\N)C(F)F)C(C)C. The molecule has 0 fully saturated rings. The maximum atomic E-state index is 12.3. The van der Waals surface area contributed by atoms with Gasteiger partial charge in [-0.2, -0.15) is 5.10 Å². The molecular weight excluding hydrogens is 312 g/mol. The van der Waals surface area contributed by atoms with Crippen molar-refractivity contribution in [2.75, 3.05) is 7.05 Å². The van der Waals surface area contributed by atoms with E-state index in [0.717, 1.165) is 6.20 Å². The highest BCUT2D eigenvalue weighted by molar-refractivity contribution is 6.01. The van der Waals surface area contributed by atoms with Crippen molar-refractivity contribution in [2.24, 2.45) is 16.6 Å².